The highest BCUT2D eigenvalue weighted by molar-refractivity contribution is 5.83. The van der Waals surface area contributed by atoms with E-state index in [0.717, 1.165) is 51.4 Å². The number of likely N-dealkylation sites (tertiary alicyclic amines) is 1. The summed E-state index contributed by atoms with van der Waals surface area (Å²) in [6.45, 7) is 3.22. The van der Waals surface area contributed by atoms with Crippen LogP contribution in [-0.4, -0.2) is 55.0 Å². The molecule has 1 aromatic heterocycles. The number of amides is 1. The molecule has 3 aromatic rings. The van der Waals surface area contributed by atoms with Crippen molar-refractivity contribution in [3.8, 4) is 0 Å². The number of rotatable bonds is 9. The fourth-order valence-electron chi connectivity index (χ4n) is 4.40. The molecule has 0 aliphatic carbocycles. The highest BCUT2D eigenvalue weighted by atomic mass is 16.2. The van der Waals surface area contributed by atoms with Crippen LogP contribution in [0.1, 0.15) is 24.0 Å². The first kappa shape index (κ1) is 21.9. The Hall–Kier alpha value is -3.28. The van der Waals surface area contributed by atoms with Gasteiger partial charge in [0.05, 0.1) is 0 Å². The molecule has 0 saturated carbocycles. The van der Waals surface area contributed by atoms with E-state index in [0.29, 0.717) is 12.3 Å². The van der Waals surface area contributed by atoms with Gasteiger partial charge in [-0.3, -0.25) is 9.79 Å². The van der Waals surface area contributed by atoms with E-state index in [2.05, 4.69) is 63.2 Å². The van der Waals surface area contributed by atoms with E-state index in [1.807, 2.05) is 23.1 Å². The Morgan fingerprint density at radius 1 is 1.09 bits per heavy atom. The number of guanidine groups is 1. The van der Waals surface area contributed by atoms with Crippen LogP contribution in [0, 0.1) is 5.92 Å². The van der Waals surface area contributed by atoms with Crippen LogP contribution in [0.5, 0.6) is 0 Å². The van der Waals surface area contributed by atoms with Crippen LogP contribution >= 0.6 is 0 Å². The fraction of sp³-hybridized carbons (Fsp3) is 0.385. The van der Waals surface area contributed by atoms with Gasteiger partial charge >= 0.3 is 0 Å². The molecule has 0 radical (unpaired) electrons. The number of para-hydroxylation sites is 1. The van der Waals surface area contributed by atoms with Gasteiger partial charge in [-0.05, 0) is 36.5 Å². The molecule has 4 rings (SSSR count). The minimum Gasteiger partial charge on any atom is -0.361 e. The van der Waals surface area contributed by atoms with Gasteiger partial charge in [0, 0.05) is 62.7 Å². The molecular weight excluding hydrogens is 398 g/mol. The number of nitrogens with zero attached hydrogens (tertiary/aromatic N) is 2. The van der Waals surface area contributed by atoms with Gasteiger partial charge in [-0.15, -0.1) is 0 Å². The van der Waals surface area contributed by atoms with Gasteiger partial charge in [0.1, 0.15) is 0 Å². The van der Waals surface area contributed by atoms with E-state index in [9.17, 15) is 4.79 Å². The Labute approximate surface area is 190 Å². The maximum atomic E-state index is 12.4. The van der Waals surface area contributed by atoms with Crippen molar-refractivity contribution in [2.75, 3.05) is 33.2 Å². The minimum atomic E-state index is 0.259. The van der Waals surface area contributed by atoms with Crippen LogP contribution in [0.15, 0.2) is 65.8 Å². The molecule has 1 saturated heterocycles. The summed E-state index contributed by atoms with van der Waals surface area (Å²) < 4.78 is 0. The highest BCUT2D eigenvalue weighted by Gasteiger charge is 2.29. The first-order valence-electron chi connectivity index (χ1n) is 11.5. The Kier molecular flexibility index (Phi) is 7.43. The van der Waals surface area contributed by atoms with E-state index in [1.165, 1.54) is 22.0 Å². The summed E-state index contributed by atoms with van der Waals surface area (Å²) in [7, 11) is 1.79. The van der Waals surface area contributed by atoms with Crippen molar-refractivity contribution in [1.82, 2.24) is 20.5 Å². The summed E-state index contributed by atoms with van der Waals surface area (Å²) >= 11 is 0. The quantitative estimate of drug-likeness (QED) is 0.276. The average molecular weight is 432 g/mol. The molecule has 1 unspecified atom stereocenters. The van der Waals surface area contributed by atoms with E-state index in [-0.39, 0.29) is 5.91 Å². The molecule has 168 valence electrons. The molecule has 6 nitrogen and oxygen atoms in total. The Morgan fingerprint density at radius 3 is 2.75 bits per heavy atom. The molecular formula is C26H33N5O. The zero-order chi connectivity index (χ0) is 22.2. The second kappa shape index (κ2) is 10.8. The molecule has 1 fully saturated rings. The van der Waals surface area contributed by atoms with E-state index >= 15 is 0 Å². The predicted octanol–water partition coefficient (Wildman–Crippen LogP) is 3.36. The van der Waals surface area contributed by atoms with Crippen molar-refractivity contribution < 1.29 is 4.79 Å². The van der Waals surface area contributed by atoms with Gasteiger partial charge in [-0.1, -0.05) is 48.5 Å². The smallest absolute Gasteiger partial charge is 0.223 e. The van der Waals surface area contributed by atoms with Crippen molar-refractivity contribution in [1.29, 1.82) is 0 Å². The lowest BCUT2D eigenvalue weighted by atomic mass is 10.1. The Balaban J connectivity index is 1.15. The summed E-state index contributed by atoms with van der Waals surface area (Å²) in [5.74, 6) is 1.39. The molecule has 1 atom stereocenters. The van der Waals surface area contributed by atoms with E-state index in [1.54, 1.807) is 7.05 Å². The van der Waals surface area contributed by atoms with Crippen LogP contribution in [0.2, 0.25) is 0 Å². The highest BCUT2D eigenvalue weighted by Crippen LogP contribution is 2.19. The normalized spacial score (nSPS) is 16.7. The lowest BCUT2D eigenvalue weighted by molar-refractivity contribution is -0.127. The summed E-state index contributed by atoms with van der Waals surface area (Å²) in [5, 5.41) is 8.11. The van der Waals surface area contributed by atoms with Gasteiger partial charge in [-0.25, -0.2) is 0 Å². The lowest BCUT2D eigenvalue weighted by Crippen LogP contribution is -2.40. The van der Waals surface area contributed by atoms with Gasteiger partial charge in [-0.2, -0.15) is 0 Å². The van der Waals surface area contributed by atoms with E-state index < -0.39 is 0 Å². The monoisotopic (exact) mass is 431 g/mol. The third kappa shape index (κ3) is 5.69. The number of aliphatic imine (C=N–C) groups is 1. The third-order valence-electron chi connectivity index (χ3n) is 6.18. The number of hydrogen-bond donors (Lipinski definition) is 3. The van der Waals surface area contributed by atoms with Gasteiger partial charge in [0.25, 0.3) is 0 Å². The van der Waals surface area contributed by atoms with Gasteiger partial charge < -0.3 is 20.5 Å². The third-order valence-corrected chi connectivity index (χ3v) is 6.18. The summed E-state index contributed by atoms with van der Waals surface area (Å²) in [6.07, 6.45) is 5.67. The molecule has 1 aliphatic rings. The summed E-state index contributed by atoms with van der Waals surface area (Å²) in [5.41, 5.74) is 3.82. The molecule has 2 aromatic carbocycles. The van der Waals surface area contributed by atoms with Crippen LogP contribution in [0.4, 0.5) is 0 Å². The molecule has 3 N–H and O–H groups in total. The Bertz CT molecular complexity index is 1040. The number of H-pyrrole nitrogens is 1. The van der Waals surface area contributed by atoms with Crippen molar-refractivity contribution in [2.24, 2.45) is 10.9 Å². The van der Waals surface area contributed by atoms with Crippen LogP contribution in [0.25, 0.3) is 10.9 Å². The zero-order valence-electron chi connectivity index (χ0n) is 18.8. The molecule has 1 aliphatic heterocycles. The number of hydrogen-bond acceptors (Lipinski definition) is 2. The number of aromatic amines is 1. The molecule has 0 spiro atoms. The number of aryl methyl sites for hydroxylation is 1. The molecule has 2 heterocycles. The lowest BCUT2D eigenvalue weighted by Gasteiger charge is -2.18. The minimum absolute atomic E-state index is 0.259. The van der Waals surface area contributed by atoms with Crippen LogP contribution in [-0.2, 0) is 17.6 Å². The predicted molar refractivity (Wildman–Crippen MR) is 131 cm³/mol. The maximum absolute atomic E-state index is 12.4. The molecule has 0 bridgehead atoms. The first-order chi connectivity index (χ1) is 15.7. The van der Waals surface area contributed by atoms with Crippen molar-refractivity contribution >= 4 is 22.8 Å². The number of benzene rings is 2. The number of fused-ring (bicyclic) bond motifs is 1. The second-order valence-electron chi connectivity index (χ2n) is 8.49. The second-order valence-corrected chi connectivity index (χ2v) is 8.49. The summed E-state index contributed by atoms with van der Waals surface area (Å²) in [4.78, 5) is 22.1. The number of carbonyl (C=O) groups is 1. The van der Waals surface area contributed by atoms with E-state index in [4.69, 9.17) is 0 Å². The van der Waals surface area contributed by atoms with Gasteiger partial charge in [0.2, 0.25) is 5.91 Å². The Morgan fingerprint density at radius 2 is 1.91 bits per heavy atom. The first-order valence-corrected chi connectivity index (χ1v) is 11.5. The maximum Gasteiger partial charge on any atom is 0.223 e. The SMILES string of the molecule is CN=C(NCCCc1c[nH]c2ccccc12)NCC1CC(=O)N(CCc2ccccc2)C1. The largest absolute Gasteiger partial charge is 0.361 e. The van der Waals surface area contributed by atoms with Crippen molar-refractivity contribution in [3.63, 3.8) is 0 Å². The van der Waals surface area contributed by atoms with Crippen molar-refractivity contribution in [3.05, 3.63) is 71.9 Å². The van der Waals surface area contributed by atoms with Crippen LogP contribution < -0.4 is 10.6 Å². The number of aromatic nitrogens is 1. The standard InChI is InChI=1S/C26H33N5O/c1-27-26(28-14-7-10-22-18-29-24-12-6-5-11-23(22)24)30-17-21-16-25(32)31(19-21)15-13-20-8-3-2-4-9-20/h2-6,8-9,11-12,18,21,29H,7,10,13-17,19H2,1H3,(H2,27,28,30). The number of nitrogens with one attached hydrogen (secondary N) is 3. The average Bonchev–Trinajstić information content (AvgIpc) is 3.40. The molecule has 32 heavy (non-hydrogen) atoms. The topological polar surface area (TPSA) is 72.5 Å². The molecule has 1 amide bonds. The summed E-state index contributed by atoms with van der Waals surface area (Å²) in [6, 6.07) is 18.8. The van der Waals surface area contributed by atoms with Crippen molar-refractivity contribution in [2.45, 2.75) is 25.7 Å². The number of carbonyl (C=O) groups excluding carboxylic acids is 1. The molecule has 6 heteroatoms. The van der Waals surface area contributed by atoms with Gasteiger partial charge in [0.15, 0.2) is 5.96 Å². The fourth-order valence-corrected chi connectivity index (χ4v) is 4.40. The zero-order valence-corrected chi connectivity index (χ0v) is 18.8. The van der Waals surface area contributed by atoms with Crippen LogP contribution in [0.3, 0.4) is 0 Å².